The number of rotatable bonds is 5. The molecule has 0 saturated heterocycles. The summed E-state index contributed by atoms with van der Waals surface area (Å²) in [4.78, 5) is 11.4. The van der Waals surface area contributed by atoms with Crippen molar-refractivity contribution in [1.29, 1.82) is 0 Å². The van der Waals surface area contributed by atoms with Gasteiger partial charge in [0.15, 0.2) is 11.5 Å². The first kappa shape index (κ1) is 14.4. The monoisotopic (exact) mass is 290 g/mol. The molecule has 0 spiro atoms. The van der Waals surface area contributed by atoms with Crippen LogP contribution in [0.3, 0.4) is 0 Å². The molecule has 2 aromatic rings. The molecule has 0 aromatic heterocycles. The van der Waals surface area contributed by atoms with E-state index in [1.807, 2.05) is 31.2 Å². The second-order valence-electron chi connectivity index (χ2n) is 4.39. The Hall–Kier alpha value is -2.00. The lowest BCUT2D eigenvalue weighted by Crippen LogP contribution is -2.03. The van der Waals surface area contributed by atoms with Crippen LogP contribution in [0, 0.1) is 6.92 Å². The van der Waals surface area contributed by atoms with Gasteiger partial charge < -0.3 is 9.47 Å². The van der Waals surface area contributed by atoms with E-state index in [-0.39, 0.29) is 0 Å². The maximum atomic E-state index is 11.4. The molecule has 0 heterocycles. The van der Waals surface area contributed by atoms with Crippen LogP contribution in [-0.2, 0) is 6.61 Å². The van der Waals surface area contributed by atoms with Gasteiger partial charge in [-0.05, 0) is 36.2 Å². The van der Waals surface area contributed by atoms with Gasteiger partial charge in [-0.3, -0.25) is 4.79 Å². The van der Waals surface area contributed by atoms with E-state index in [0.717, 1.165) is 11.1 Å². The van der Waals surface area contributed by atoms with E-state index in [1.165, 1.54) is 7.11 Å². The normalized spacial score (nSPS) is 10.2. The molecular formula is C16H15ClO3. The smallest absolute Gasteiger partial charge is 0.256 e. The number of aryl methyl sites for hydroxylation is 1. The van der Waals surface area contributed by atoms with Gasteiger partial charge in [-0.15, -0.1) is 0 Å². The third-order valence-electron chi connectivity index (χ3n) is 2.88. The zero-order chi connectivity index (χ0) is 14.5. The van der Waals surface area contributed by atoms with E-state index in [4.69, 9.17) is 21.1 Å². The predicted octanol–water partition coefficient (Wildman–Crippen LogP) is 3.96. The SMILES string of the molecule is COc1cccc(C(=O)Cl)c1OCc1cccc(C)c1. The molecule has 0 N–H and O–H groups in total. The van der Waals surface area contributed by atoms with Crippen LogP contribution in [0.2, 0.25) is 0 Å². The van der Waals surface area contributed by atoms with Crippen LogP contribution in [0.15, 0.2) is 42.5 Å². The number of methoxy groups -OCH3 is 1. The highest BCUT2D eigenvalue weighted by Gasteiger charge is 2.15. The van der Waals surface area contributed by atoms with Crippen LogP contribution in [0.5, 0.6) is 11.5 Å². The Morgan fingerprint density at radius 1 is 1.20 bits per heavy atom. The van der Waals surface area contributed by atoms with Crippen molar-refractivity contribution >= 4 is 16.8 Å². The largest absolute Gasteiger partial charge is 0.493 e. The zero-order valence-electron chi connectivity index (χ0n) is 11.4. The minimum atomic E-state index is -0.567. The van der Waals surface area contributed by atoms with Crippen LogP contribution in [0.25, 0.3) is 0 Å². The van der Waals surface area contributed by atoms with Crippen LogP contribution in [0.4, 0.5) is 0 Å². The van der Waals surface area contributed by atoms with Crippen LogP contribution < -0.4 is 9.47 Å². The van der Waals surface area contributed by atoms with Crippen molar-refractivity contribution in [1.82, 2.24) is 0 Å². The molecule has 0 saturated carbocycles. The Kier molecular flexibility index (Phi) is 4.64. The third kappa shape index (κ3) is 3.31. The van der Waals surface area contributed by atoms with Gasteiger partial charge in [0.25, 0.3) is 5.24 Å². The highest BCUT2D eigenvalue weighted by atomic mass is 35.5. The van der Waals surface area contributed by atoms with E-state index in [2.05, 4.69) is 0 Å². The average Bonchev–Trinajstić information content (AvgIpc) is 2.44. The molecule has 0 aliphatic carbocycles. The molecule has 4 heteroatoms. The molecule has 0 atom stereocenters. The molecule has 3 nitrogen and oxygen atoms in total. The number of halogens is 1. The summed E-state index contributed by atoms with van der Waals surface area (Å²) in [6, 6.07) is 13.0. The Bertz CT molecular complexity index is 623. The zero-order valence-corrected chi connectivity index (χ0v) is 12.1. The number of hydrogen-bond acceptors (Lipinski definition) is 3. The van der Waals surface area contributed by atoms with E-state index in [9.17, 15) is 4.79 Å². The first-order chi connectivity index (χ1) is 9.61. The number of carbonyl (C=O) groups excluding carboxylic acids is 1. The van der Waals surface area contributed by atoms with Gasteiger partial charge in [-0.25, -0.2) is 0 Å². The van der Waals surface area contributed by atoms with Gasteiger partial charge >= 0.3 is 0 Å². The van der Waals surface area contributed by atoms with Crippen LogP contribution >= 0.6 is 11.6 Å². The fourth-order valence-corrected chi connectivity index (χ4v) is 2.09. The molecule has 0 bridgehead atoms. The lowest BCUT2D eigenvalue weighted by atomic mass is 10.1. The maximum absolute atomic E-state index is 11.4. The van der Waals surface area contributed by atoms with E-state index < -0.39 is 5.24 Å². The standard InChI is InChI=1S/C16H15ClO3/c1-11-5-3-6-12(9-11)10-20-15-13(16(17)18)7-4-8-14(15)19-2/h3-9H,10H2,1-2H3. The minimum Gasteiger partial charge on any atom is -0.493 e. The second-order valence-corrected chi connectivity index (χ2v) is 4.73. The lowest BCUT2D eigenvalue weighted by Gasteiger charge is -2.13. The molecule has 20 heavy (non-hydrogen) atoms. The molecule has 0 unspecified atom stereocenters. The molecule has 104 valence electrons. The first-order valence-corrected chi connectivity index (χ1v) is 6.55. The molecule has 0 aliphatic rings. The Morgan fingerprint density at radius 3 is 2.60 bits per heavy atom. The highest BCUT2D eigenvalue weighted by molar-refractivity contribution is 6.68. The summed E-state index contributed by atoms with van der Waals surface area (Å²) in [5.41, 5.74) is 2.47. The van der Waals surface area contributed by atoms with Crippen molar-refractivity contribution in [2.24, 2.45) is 0 Å². The third-order valence-corrected chi connectivity index (χ3v) is 3.08. The average molecular weight is 291 g/mol. The van der Waals surface area contributed by atoms with Gasteiger partial charge in [0.1, 0.15) is 6.61 Å². The van der Waals surface area contributed by atoms with Crippen molar-refractivity contribution < 1.29 is 14.3 Å². The molecule has 0 aliphatic heterocycles. The van der Waals surface area contributed by atoms with E-state index >= 15 is 0 Å². The molecular weight excluding hydrogens is 276 g/mol. The van der Waals surface area contributed by atoms with Crippen molar-refractivity contribution in [2.75, 3.05) is 7.11 Å². The summed E-state index contributed by atoms with van der Waals surface area (Å²) in [6.07, 6.45) is 0. The number of hydrogen-bond donors (Lipinski definition) is 0. The highest BCUT2D eigenvalue weighted by Crippen LogP contribution is 2.32. The number of benzene rings is 2. The Balaban J connectivity index is 2.26. The Labute approximate surface area is 123 Å². The number of carbonyl (C=O) groups is 1. The summed E-state index contributed by atoms with van der Waals surface area (Å²) in [5, 5.41) is -0.567. The lowest BCUT2D eigenvalue weighted by molar-refractivity contribution is 0.107. The quantitative estimate of drug-likeness (QED) is 0.782. The van der Waals surface area contributed by atoms with Crippen LogP contribution in [0.1, 0.15) is 21.5 Å². The van der Waals surface area contributed by atoms with Gasteiger partial charge in [0.05, 0.1) is 12.7 Å². The van der Waals surface area contributed by atoms with Crippen molar-refractivity contribution in [2.45, 2.75) is 13.5 Å². The predicted molar refractivity (Wildman–Crippen MR) is 78.7 cm³/mol. The second kappa shape index (κ2) is 6.44. The fourth-order valence-electron chi connectivity index (χ4n) is 1.94. The van der Waals surface area contributed by atoms with Gasteiger partial charge in [-0.2, -0.15) is 0 Å². The summed E-state index contributed by atoms with van der Waals surface area (Å²) < 4.78 is 10.9. The fraction of sp³-hybridized carbons (Fsp3) is 0.188. The van der Waals surface area contributed by atoms with E-state index in [0.29, 0.717) is 23.7 Å². The maximum Gasteiger partial charge on any atom is 0.256 e. The van der Waals surface area contributed by atoms with Gasteiger partial charge in [0, 0.05) is 0 Å². The number of para-hydroxylation sites is 1. The first-order valence-electron chi connectivity index (χ1n) is 6.17. The molecule has 2 rings (SSSR count). The molecule has 2 aromatic carbocycles. The van der Waals surface area contributed by atoms with Gasteiger partial charge in [-0.1, -0.05) is 35.9 Å². The van der Waals surface area contributed by atoms with Crippen molar-refractivity contribution in [3.05, 3.63) is 59.2 Å². The molecule has 0 radical (unpaired) electrons. The summed E-state index contributed by atoms with van der Waals surface area (Å²) in [7, 11) is 1.53. The van der Waals surface area contributed by atoms with Crippen molar-refractivity contribution in [3.8, 4) is 11.5 Å². The number of ether oxygens (including phenoxy) is 2. The van der Waals surface area contributed by atoms with Gasteiger partial charge in [0.2, 0.25) is 0 Å². The summed E-state index contributed by atoms with van der Waals surface area (Å²) >= 11 is 5.57. The minimum absolute atomic E-state index is 0.304. The van der Waals surface area contributed by atoms with E-state index in [1.54, 1.807) is 18.2 Å². The summed E-state index contributed by atoms with van der Waals surface area (Å²) in [5.74, 6) is 0.862. The topological polar surface area (TPSA) is 35.5 Å². The summed E-state index contributed by atoms with van der Waals surface area (Å²) in [6.45, 7) is 2.36. The van der Waals surface area contributed by atoms with Crippen LogP contribution in [-0.4, -0.2) is 12.4 Å². The van der Waals surface area contributed by atoms with Crippen molar-refractivity contribution in [3.63, 3.8) is 0 Å². The molecule has 0 fully saturated rings. The molecule has 0 amide bonds. The Morgan fingerprint density at radius 2 is 1.95 bits per heavy atom.